The number of alkyl carbamates (subject to hydrolysis) is 1. The van der Waals surface area contributed by atoms with Gasteiger partial charge in [-0.2, -0.15) is 0 Å². The molecule has 53 heavy (non-hydrogen) atoms. The molecular weight excluding hydrogens is 703 g/mol. The summed E-state index contributed by atoms with van der Waals surface area (Å²) in [5, 5.41) is 24.9. The highest BCUT2D eigenvalue weighted by Gasteiger charge is 2.31. The molecule has 1 rings (SSSR count). The second kappa shape index (κ2) is 23.8. The van der Waals surface area contributed by atoms with Crippen molar-refractivity contribution in [3.05, 3.63) is 35.9 Å². The van der Waals surface area contributed by atoms with Crippen molar-refractivity contribution in [2.75, 3.05) is 12.0 Å². The maximum absolute atomic E-state index is 13.1. The average Bonchev–Trinajstić information content (AvgIpc) is 3.05. The van der Waals surface area contributed by atoms with Gasteiger partial charge >= 0.3 is 6.09 Å². The van der Waals surface area contributed by atoms with E-state index in [9.17, 15) is 37.5 Å². The first-order valence-electron chi connectivity index (χ1n) is 18.5. The lowest BCUT2D eigenvalue weighted by Gasteiger charge is -2.29. The molecule has 0 heterocycles. The Kier molecular flexibility index (Phi) is 22.2. The number of hydrogen-bond donors (Lipinski definition) is 6. The zero-order valence-corrected chi connectivity index (χ0v) is 34.7. The summed E-state index contributed by atoms with van der Waals surface area (Å²) in [7, 11) is -2.66. The van der Waals surface area contributed by atoms with Crippen LogP contribution in [0.4, 0.5) is 4.79 Å². The zero-order chi connectivity index (χ0) is 41.1. The van der Waals surface area contributed by atoms with Gasteiger partial charge in [-0.05, 0) is 70.8 Å². The number of amides is 5. The van der Waals surface area contributed by atoms with E-state index < -0.39 is 69.5 Å². The molecule has 0 radical (unpaired) electrons. The summed E-state index contributed by atoms with van der Waals surface area (Å²) in [4.78, 5) is 64.1. The van der Waals surface area contributed by atoms with E-state index in [4.69, 9.17) is 4.74 Å². The van der Waals surface area contributed by atoms with Crippen molar-refractivity contribution in [1.82, 2.24) is 26.6 Å². The van der Waals surface area contributed by atoms with Crippen LogP contribution in [-0.4, -0.2) is 91.1 Å². The quantitative estimate of drug-likeness (QED) is 0.121. The van der Waals surface area contributed by atoms with Crippen molar-refractivity contribution in [2.24, 2.45) is 17.8 Å². The van der Waals surface area contributed by atoms with Crippen LogP contribution in [0.25, 0.3) is 0 Å². The minimum absolute atomic E-state index is 0.142. The second-order valence-electron chi connectivity index (χ2n) is 15.3. The SMILES string of the molecule is CCS(C)(=O)=O.CC[C@H](NC(=O)[C@H](C)CC[C@H](O)[C@H](CC(C)C)NC(=O)C(C)NC(=O)[C@@H](NC(=O)OC(C)(C)C)C(C)C)C(=O)NCc1ccccc1. The molecule has 304 valence electrons. The number of hydrogen-bond acceptors (Lipinski definition) is 9. The lowest BCUT2D eigenvalue weighted by molar-refractivity contribution is -0.131. The molecule has 0 aliphatic carbocycles. The Morgan fingerprint density at radius 1 is 0.792 bits per heavy atom. The maximum atomic E-state index is 13.1. The Labute approximate surface area is 317 Å². The standard InChI is InChI=1S/C35H59N5O7.C3H8O2S/c1-11-26(32(44)36-20-25-15-13-12-14-16-25)38-30(42)23(6)17-18-28(41)27(19-21(2)3)39-31(43)24(7)37-33(45)29(22(4)5)40-34(46)47-35(8,9)10;1-3-6(2,4)5/h12-16,21-24,26-29,41H,11,17-20H2,1-10H3,(H,36,44)(H,37,45)(H,38,42)(H,39,43)(H,40,46);3H2,1-2H3/t23-,24?,26+,27+,28+,29+;/m1./s1. The van der Waals surface area contributed by atoms with E-state index in [0.717, 1.165) is 5.56 Å². The monoisotopic (exact) mass is 769 g/mol. The van der Waals surface area contributed by atoms with Crippen LogP contribution >= 0.6 is 0 Å². The average molecular weight is 770 g/mol. The molecule has 0 aliphatic rings. The fourth-order valence-corrected chi connectivity index (χ4v) is 4.79. The summed E-state index contributed by atoms with van der Waals surface area (Å²) in [6, 6.07) is 6.33. The first-order chi connectivity index (χ1) is 24.4. The molecule has 5 amide bonds. The molecule has 0 aliphatic heterocycles. The van der Waals surface area contributed by atoms with Crippen LogP contribution in [0.2, 0.25) is 0 Å². The van der Waals surface area contributed by atoms with Gasteiger partial charge in [0.25, 0.3) is 0 Å². The van der Waals surface area contributed by atoms with Gasteiger partial charge in [0, 0.05) is 24.5 Å². The van der Waals surface area contributed by atoms with E-state index in [1.54, 1.807) is 48.5 Å². The van der Waals surface area contributed by atoms with Crippen LogP contribution in [0.1, 0.15) is 107 Å². The smallest absolute Gasteiger partial charge is 0.408 e. The van der Waals surface area contributed by atoms with Gasteiger partial charge in [0.2, 0.25) is 23.6 Å². The number of ether oxygens (including phenoxy) is 1. The van der Waals surface area contributed by atoms with E-state index >= 15 is 0 Å². The molecule has 0 fully saturated rings. The molecule has 6 N–H and O–H groups in total. The van der Waals surface area contributed by atoms with Crippen LogP contribution in [0, 0.1) is 17.8 Å². The number of carbonyl (C=O) groups excluding carboxylic acids is 5. The normalized spacial score (nSPS) is 15.0. The van der Waals surface area contributed by atoms with Gasteiger partial charge < -0.3 is 36.4 Å². The number of rotatable bonds is 19. The molecule has 6 atom stereocenters. The zero-order valence-electron chi connectivity index (χ0n) is 33.9. The summed E-state index contributed by atoms with van der Waals surface area (Å²) in [6.45, 7) is 19.7. The van der Waals surface area contributed by atoms with Gasteiger partial charge in [-0.15, -0.1) is 0 Å². The van der Waals surface area contributed by atoms with E-state index in [1.807, 2.05) is 51.1 Å². The maximum Gasteiger partial charge on any atom is 0.408 e. The largest absolute Gasteiger partial charge is 0.444 e. The summed E-state index contributed by atoms with van der Waals surface area (Å²) >= 11 is 0. The summed E-state index contributed by atoms with van der Waals surface area (Å²) in [5.41, 5.74) is 0.222. The summed E-state index contributed by atoms with van der Waals surface area (Å²) in [6.07, 6.45) is 0.997. The fraction of sp³-hybridized carbons (Fsp3) is 0.711. The Bertz CT molecular complexity index is 1400. The molecular formula is C38H67N5O9S. The van der Waals surface area contributed by atoms with Gasteiger partial charge in [0.05, 0.1) is 12.1 Å². The van der Waals surface area contributed by atoms with Gasteiger partial charge in [-0.25, -0.2) is 13.2 Å². The molecule has 0 saturated carbocycles. The molecule has 1 aromatic rings. The number of nitrogens with one attached hydrogen (secondary N) is 5. The van der Waals surface area contributed by atoms with Gasteiger partial charge in [0.15, 0.2) is 0 Å². The number of aliphatic hydroxyl groups is 1. The van der Waals surface area contributed by atoms with E-state index in [-0.39, 0.29) is 35.8 Å². The van der Waals surface area contributed by atoms with Crippen molar-refractivity contribution in [1.29, 1.82) is 0 Å². The van der Waals surface area contributed by atoms with Crippen LogP contribution in [0.5, 0.6) is 0 Å². The second-order valence-corrected chi connectivity index (χ2v) is 17.7. The Balaban J connectivity index is 0.00000413. The highest BCUT2D eigenvalue weighted by atomic mass is 32.2. The third kappa shape index (κ3) is 22.2. The number of aliphatic hydroxyl groups excluding tert-OH is 1. The lowest BCUT2D eigenvalue weighted by Crippen LogP contribution is -2.56. The molecule has 1 aromatic carbocycles. The highest BCUT2D eigenvalue weighted by molar-refractivity contribution is 7.90. The number of benzene rings is 1. The van der Waals surface area contributed by atoms with E-state index in [1.165, 1.54) is 13.2 Å². The van der Waals surface area contributed by atoms with Crippen molar-refractivity contribution >= 4 is 39.6 Å². The molecule has 14 nitrogen and oxygen atoms in total. The van der Waals surface area contributed by atoms with Crippen LogP contribution in [0.3, 0.4) is 0 Å². The van der Waals surface area contributed by atoms with Crippen LogP contribution in [-0.2, 0) is 40.3 Å². The van der Waals surface area contributed by atoms with Gasteiger partial charge in [-0.1, -0.05) is 78.8 Å². The molecule has 15 heteroatoms. The van der Waals surface area contributed by atoms with E-state index in [0.29, 0.717) is 25.8 Å². The summed E-state index contributed by atoms with van der Waals surface area (Å²) < 4.78 is 25.3. The molecule has 0 bridgehead atoms. The predicted molar refractivity (Wildman–Crippen MR) is 207 cm³/mol. The Hall–Kier alpha value is -3.72. The first kappa shape index (κ1) is 49.3. The lowest BCUT2D eigenvalue weighted by atomic mass is 9.93. The van der Waals surface area contributed by atoms with Crippen molar-refractivity contribution in [3.8, 4) is 0 Å². The van der Waals surface area contributed by atoms with Crippen LogP contribution < -0.4 is 26.6 Å². The van der Waals surface area contributed by atoms with Gasteiger partial charge in [0.1, 0.15) is 33.6 Å². The molecule has 0 aromatic heterocycles. The third-order valence-electron chi connectivity index (χ3n) is 8.11. The van der Waals surface area contributed by atoms with Crippen LogP contribution in [0.15, 0.2) is 30.3 Å². The number of sulfone groups is 1. The van der Waals surface area contributed by atoms with Crippen molar-refractivity contribution in [2.45, 2.75) is 144 Å². The molecule has 0 spiro atoms. The summed E-state index contributed by atoms with van der Waals surface area (Å²) in [5.74, 6) is -1.95. The Morgan fingerprint density at radius 3 is 1.83 bits per heavy atom. The first-order valence-corrected chi connectivity index (χ1v) is 20.5. The minimum atomic E-state index is -2.66. The third-order valence-corrected chi connectivity index (χ3v) is 9.16. The highest BCUT2D eigenvalue weighted by Crippen LogP contribution is 2.17. The van der Waals surface area contributed by atoms with Gasteiger partial charge in [-0.3, -0.25) is 19.2 Å². The molecule has 0 saturated heterocycles. The Morgan fingerprint density at radius 2 is 1.36 bits per heavy atom. The van der Waals surface area contributed by atoms with E-state index in [2.05, 4.69) is 26.6 Å². The number of carbonyl (C=O) groups is 5. The van der Waals surface area contributed by atoms with Crippen molar-refractivity contribution in [3.63, 3.8) is 0 Å². The minimum Gasteiger partial charge on any atom is -0.444 e. The fourth-order valence-electron chi connectivity index (χ4n) is 4.79. The van der Waals surface area contributed by atoms with Crippen molar-refractivity contribution < 1.29 is 42.2 Å². The topological polar surface area (TPSA) is 209 Å². The molecule has 1 unspecified atom stereocenters. The predicted octanol–water partition coefficient (Wildman–Crippen LogP) is 3.61.